The summed E-state index contributed by atoms with van der Waals surface area (Å²) in [6.45, 7) is 10.8. The molecule has 0 aliphatic rings. The lowest BCUT2D eigenvalue weighted by Crippen LogP contribution is -2.37. The molecule has 1 aromatic rings. The van der Waals surface area contributed by atoms with Gasteiger partial charge in [-0.2, -0.15) is 0 Å². The van der Waals surface area contributed by atoms with Crippen molar-refractivity contribution in [3.8, 4) is 0 Å². The van der Waals surface area contributed by atoms with E-state index in [2.05, 4.69) is 11.6 Å². The molecule has 5 nitrogen and oxygen atoms in total. The Balaban J connectivity index is 2.73. The van der Waals surface area contributed by atoms with Crippen LogP contribution in [0.3, 0.4) is 0 Å². The lowest BCUT2D eigenvalue weighted by molar-refractivity contribution is -0.129. The third-order valence-corrected chi connectivity index (χ3v) is 4.13. The summed E-state index contributed by atoms with van der Waals surface area (Å²) in [6.07, 6.45) is 1.63. The smallest absolute Gasteiger partial charge is 0.236 e. The minimum atomic E-state index is -0.220. The van der Waals surface area contributed by atoms with Gasteiger partial charge in [-0.1, -0.05) is 23.9 Å². The van der Waals surface area contributed by atoms with E-state index in [0.717, 1.165) is 16.4 Å². The van der Waals surface area contributed by atoms with Crippen LogP contribution < -0.4 is 0 Å². The van der Waals surface area contributed by atoms with E-state index >= 15 is 0 Å². The maximum absolute atomic E-state index is 12.4. The summed E-state index contributed by atoms with van der Waals surface area (Å²) in [7, 11) is 1.84. The van der Waals surface area contributed by atoms with Crippen LogP contribution in [-0.2, 0) is 18.4 Å². The van der Waals surface area contributed by atoms with Gasteiger partial charge in [-0.05, 0) is 20.8 Å². The largest absolute Gasteiger partial charge is 0.390 e. The van der Waals surface area contributed by atoms with Gasteiger partial charge in [-0.25, -0.2) is 4.98 Å². The zero-order valence-corrected chi connectivity index (χ0v) is 13.4. The predicted octanol–water partition coefficient (Wildman–Crippen LogP) is 1.82. The number of imidazole rings is 1. The first-order valence-electron chi connectivity index (χ1n) is 6.61. The average Bonchev–Trinajstić information content (AvgIpc) is 2.75. The van der Waals surface area contributed by atoms with Crippen molar-refractivity contribution in [3.05, 3.63) is 24.0 Å². The van der Waals surface area contributed by atoms with Crippen LogP contribution in [0.4, 0.5) is 0 Å². The summed E-state index contributed by atoms with van der Waals surface area (Å²) in [5.41, 5.74) is 1.71. The number of hydrogen-bond donors (Lipinski definition) is 1. The van der Waals surface area contributed by atoms with E-state index in [9.17, 15) is 4.79 Å². The summed E-state index contributed by atoms with van der Waals surface area (Å²) < 4.78 is 1.81. The normalized spacial score (nSPS) is 12.2. The molecule has 1 unspecified atom stereocenters. The second kappa shape index (κ2) is 7.50. The molecule has 1 rings (SSSR count). The van der Waals surface area contributed by atoms with Crippen LogP contribution >= 0.6 is 11.8 Å². The van der Waals surface area contributed by atoms with Crippen LogP contribution in [0.5, 0.6) is 0 Å². The fourth-order valence-electron chi connectivity index (χ4n) is 1.82. The topological polar surface area (TPSA) is 58.4 Å². The molecule has 112 valence electrons. The van der Waals surface area contributed by atoms with Crippen LogP contribution in [-0.4, -0.2) is 43.8 Å². The molecule has 1 atom stereocenters. The molecule has 0 aliphatic heterocycles. The number of nitrogens with zero attached hydrogens (tertiary/aromatic N) is 3. The molecular formula is C14H23N3O2S. The summed E-state index contributed by atoms with van der Waals surface area (Å²) in [6, 6.07) is 0. The zero-order valence-electron chi connectivity index (χ0n) is 12.6. The summed E-state index contributed by atoms with van der Waals surface area (Å²) in [5.74, 6) is 0.0778. The quantitative estimate of drug-likeness (QED) is 0.616. The van der Waals surface area contributed by atoms with E-state index in [1.807, 2.05) is 32.4 Å². The van der Waals surface area contributed by atoms with Crippen LogP contribution in [0.15, 0.2) is 23.5 Å². The zero-order chi connectivity index (χ0) is 15.3. The number of rotatable bonds is 7. The van der Waals surface area contributed by atoms with Gasteiger partial charge in [0.05, 0.1) is 23.7 Å². The number of carbonyl (C=O) groups excluding carboxylic acids is 1. The molecule has 0 aliphatic carbocycles. The van der Waals surface area contributed by atoms with Crippen molar-refractivity contribution in [2.24, 2.45) is 7.05 Å². The van der Waals surface area contributed by atoms with Crippen molar-refractivity contribution in [3.63, 3.8) is 0 Å². The average molecular weight is 297 g/mol. The molecule has 1 amide bonds. The molecule has 1 N–H and O–H groups in total. The molecule has 0 spiro atoms. The number of aliphatic hydroxyl groups excluding tert-OH is 1. The third kappa shape index (κ3) is 4.11. The molecule has 0 bridgehead atoms. The van der Waals surface area contributed by atoms with Gasteiger partial charge in [0.2, 0.25) is 5.91 Å². The Labute approximate surface area is 124 Å². The second-order valence-corrected chi connectivity index (χ2v) is 6.13. The first-order chi connectivity index (χ1) is 9.40. The molecular weight excluding hydrogens is 274 g/mol. The maximum Gasteiger partial charge on any atom is 0.236 e. The predicted molar refractivity (Wildman–Crippen MR) is 81.5 cm³/mol. The van der Waals surface area contributed by atoms with Gasteiger partial charge in [-0.3, -0.25) is 4.79 Å². The van der Waals surface area contributed by atoms with E-state index in [1.165, 1.54) is 11.8 Å². The number of aliphatic hydroxyl groups is 1. The first-order valence-corrected chi connectivity index (χ1v) is 7.49. The number of aromatic nitrogens is 2. The molecule has 0 radical (unpaired) electrons. The highest BCUT2D eigenvalue weighted by Gasteiger charge is 2.22. The monoisotopic (exact) mass is 297 g/mol. The van der Waals surface area contributed by atoms with Crippen molar-refractivity contribution >= 4 is 17.7 Å². The highest BCUT2D eigenvalue weighted by atomic mass is 32.2. The Morgan fingerprint density at radius 1 is 1.65 bits per heavy atom. The molecule has 1 heterocycles. The van der Waals surface area contributed by atoms with Gasteiger partial charge in [0.1, 0.15) is 0 Å². The highest BCUT2D eigenvalue weighted by Crippen LogP contribution is 2.24. The van der Waals surface area contributed by atoms with Crippen LogP contribution in [0.25, 0.3) is 0 Å². The lowest BCUT2D eigenvalue weighted by atomic mass is 10.3. The van der Waals surface area contributed by atoms with Crippen molar-refractivity contribution < 1.29 is 9.90 Å². The molecule has 6 heteroatoms. The summed E-state index contributed by atoms with van der Waals surface area (Å²) in [5, 5.41) is 9.66. The lowest BCUT2D eigenvalue weighted by Gasteiger charge is -2.24. The molecule has 20 heavy (non-hydrogen) atoms. The number of amides is 1. The molecule has 1 aromatic heterocycles. The summed E-state index contributed by atoms with van der Waals surface area (Å²) in [4.78, 5) is 18.4. The van der Waals surface area contributed by atoms with E-state index in [-0.39, 0.29) is 17.8 Å². The van der Waals surface area contributed by atoms with E-state index < -0.39 is 0 Å². The second-order valence-electron chi connectivity index (χ2n) is 4.82. The van der Waals surface area contributed by atoms with Crippen LogP contribution in [0, 0.1) is 0 Å². The van der Waals surface area contributed by atoms with Crippen LogP contribution in [0.2, 0.25) is 0 Å². The van der Waals surface area contributed by atoms with Gasteiger partial charge in [-0.15, -0.1) is 0 Å². The third-order valence-electron chi connectivity index (χ3n) is 2.99. The molecule has 0 saturated carbocycles. The summed E-state index contributed by atoms with van der Waals surface area (Å²) >= 11 is 1.41. The Morgan fingerprint density at radius 2 is 2.30 bits per heavy atom. The first kappa shape index (κ1) is 16.8. The van der Waals surface area contributed by atoms with Crippen molar-refractivity contribution in [2.45, 2.75) is 37.8 Å². The Hall–Kier alpha value is -1.27. The van der Waals surface area contributed by atoms with Crippen molar-refractivity contribution in [1.29, 1.82) is 0 Å². The number of hydrogen-bond acceptors (Lipinski definition) is 4. The van der Waals surface area contributed by atoms with E-state index in [0.29, 0.717) is 13.1 Å². The van der Waals surface area contributed by atoms with Crippen molar-refractivity contribution in [1.82, 2.24) is 14.5 Å². The standard InChI is InChI=1S/C14H23N3O2S/c1-6-17(8-10(2)3)13(19)11(4)20-14-15-7-12(9-18)16(14)5/h7,11,18H,2,6,8-9H2,1,3-5H3. The minimum absolute atomic E-state index is 0.0524. The fraction of sp³-hybridized carbons (Fsp3) is 0.571. The van der Waals surface area contributed by atoms with E-state index in [1.54, 1.807) is 11.1 Å². The van der Waals surface area contributed by atoms with Gasteiger partial charge in [0.15, 0.2) is 5.16 Å². The van der Waals surface area contributed by atoms with E-state index in [4.69, 9.17) is 5.11 Å². The number of likely N-dealkylation sites (N-methyl/N-ethyl adjacent to an activating group) is 1. The SMILES string of the molecule is C=C(C)CN(CC)C(=O)C(C)Sc1ncc(CO)n1C. The Morgan fingerprint density at radius 3 is 2.75 bits per heavy atom. The molecule has 0 fully saturated rings. The van der Waals surface area contributed by atoms with Gasteiger partial charge in [0, 0.05) is 20.1 Å². The number of thioether (sulfide) groups is 1. The minimum Gasteiger partial charge on any atom is -0.390 e. The number of carbonyl (C=O) groups is 1. The molecule has 0 saturated heterocycles. The molecule has 0 aromatic carbocycles. The van der Waals surface area contributed by atoms with Crippen LogP contribution in [0.1, 0.15) is 26.5 Å². The Bertz CT molecular complexity index is 485. The van der Waals surface area contributed by atoms with Gasteiger partial charge in [0.25, 0.3) is 0 Å². The fourth-order valence-corrected chi connectivity index (χ4v) is 2.77. The maximum atomic E-state index is 12.4. The van der Waals surface area contributed by atoms with Crippen molar-refractivity contribution in [2.75, 3.05) is 13.1 Å². The van der Waals surface area contributed by atoms with Gasteiger partial charge < -0.3 is 14.6 Å². The van der Waals surface area contributed by atoms with Gasteiger partial charge >= 0.3 is 0 Å². The highest BCUT2D eigenvalue weighted by molar-refractivity contribution is 8.00. The Kier molecular flexibility index (Phi) is 6.29.